The zero-order chi connectivity index (χ0) is 31.9. The zero-order valence-electron chi connectivity index (χ0n) is 25.3. The van der Waals surface area contributed by atoms with Crippen molar-refractivity contribution in [3.8, 4) is 11.5 Å². The van der Waals surface area contributed by atoms with E-state index in [-0.39, 0.29) is 34.3 Å². The fourth-order valence-electron chi connectivity index (χ4n) is 4.69. The van der Waals surface area contributed by atoms with Crippen molar-refractivity contribution in [1.29, 1.82) is 0 Å². The Labute approximate surface area is 255 Å². The Morgan fingerprint density at radius 1 is 1.00 bits per heavy atom. The molecular weight excluding hydrogens is 583 g/mol. The van der Waals surface area contributed by atoms with Gasteiger partial charge in [-0.3, -0.25) is 24.4 Å². The number of nitrogens with one attached hydrogen (secondary N) is 1. The molecule has 10 nitrogen and oxygen atoms in total. The van der Waals surface area contributed by atoms with Crippen LogP contribution >= 0.6 is 0 Å². The molecule has 44 heavy (non-hydrogen) atoms. The number of halogens is 1. The monoisotopic (exact) mass is 616 g/mol. The van der Waals surface area contributed by atoms with Crippen molar-refractivity contribution >= 4 is 32.3 Å². The van der Waals surface area contributed by atoms with Crippen LogP contribution in [0, 0.1) is 12.7 Å². The summed E-state index contributed by atoms with van der Waals surface area (Å²) in [4.78, 5) is 25.3. The first-order valence-corrected chi connectivity index (χ1v) is 15.4. The Morgan fingerprint density at radius 3 is 2.43 bits per heavy atom. The summed E-state index contributed by atoms with van der Waals surface area (Å²) in [6, 6.07) is 9.01. The molecule has 0 aliphatic heterocycles. The molecule has 5 rings (SSSR count). The number of amides is 1. The number of hydrogen-bond acceptors (Lipinski definition) is 8. The summed E-state index contributed by atoms with van der Waals surface area (Å²) in [6.45, 7) is 10.8. The molecule has 0 radical (unpaired) electrons. The number of aromatic nitrogens is 5. The summed E-state index contributed by atoms with van der Waals surface area (Å²) < 4.78 is 49.3. The van der Waals surface area contributed by atoms with Gasteiger partial charge in [0.05, 0.1) is 40.0 Å². The number of hydrogen-bond donors (Lipinski definition) is 1. The lowest BCUT2D eigenvalue weighted by Gasteiger charge is -2.24. The normalized spacial score (nSPS) is 12.3. The third-order valence-corrected chi connectivity index (χ3v) is 9.68. The summed E-state index contributed by atoms with van der Waals surface area (Å²) in [5.74, 6) is -0.788. The van der Waals surface area contributed by atoms with Crippen LogP contribution in [0.25, 0.3) is 10.9 Å². The van der Waals surface area contributed by atoms with E-state index in [0.717, 1.165) is 0 Å². The number of nitrogens with zero attached hydrogens (tertiary/aromatic N) is 5. The van der Waals surface area contributed by atoms with E-state index < -0.39 is 20.4 Å². The van der Waals surface area contributed by atoms with Gasteiger partial charge in [0.2, 0.25) is 5.91 Å². The molecule has 0 aliphatic carbocycles. The second-order valence-corrected chi connectivity index (χ2v) is 14.5. The fourth-order valence-corrected chi connectivity index (χ4v) is 6.18. The number of carbonyl (C=O) groups is 1. The average Bonchev–Trinajstić information content (AvgIpc) is 3.44. The Morgan fingerprint density at radius 2 is 1.77 bits per heavy atom. The number of ether oxygens (including phenoxy) is 1. The average molecular weight is 617 g/mol. The summed E-state index contributed by atoms with van der Waals surface area (Å²) >= 11 is 0. The van der Waals surface area contributed by atoms with Crippen molar-refractivity contribution in [2.45, 2.75) is 63.1 Å². The number of aryl methyl sites for hydroxylation is 1. The molecule has 3 aromatic heterocycles. The second-order valence-electron chi connectivity index (χ2n) is 12.0. The molecule has 0 unspecified atom stereocenters. The SMILES string of the molecule is Cc1cc(CC(=O)Nc2cnn(C(C)(C)C)c2)cc(F)c1Oc1ccnc2ccc(S(=O)(=O)C(C)(C)c3cnccn3)cc12. The van der Waals surface area contributed by atoms with Gasteiger partial charge in [-0.15, -0.1) is 0 Å². The number of fused-ring (bicyclic) bond motifs is 1. The fraction of sp³-hybridized carbons (Fsp3) is 0.281. The van der Waals surface area contributed by atoms with Crippen LogP contribution in [0.2, 0.25) is 0 Å². The smallest absolute Gasteiger partial charge is 0.228 e. The molecule has 228 valence electrons. The van der Waals surface area contributed by atoms with Gasteiger partial charge < -0.3 is 10.1 Å². The van der Waals surface area contributed by atoms with E-state index in [2.05, 4.69) is 25.4 Å². The maximum atomic E-state index is 15.4. The Balaban J connectivity index is 1.40. The minimum atomic E-state index is -3.94. The molecule has 0 atom stereocenters. The van der Waals surface area contributed by atoms with E-state index in [4.69, 9.17) is 4.74 Å². The van der Waals surface area contributed by atoms with Crippen molar-refractivity contribution in [3.63, 3.8) is 0 Å². The number of carbonyl (C=O) groups excluding carboxylic acids is 1. The summed E-state index contributed by atoms with van der Waals surface area (Å²) in [6.07, 6.45) is 9.10. The second kappa shape index (κ2) is 11.4. The Hall–Kier alpha value is -4.71. The highest BCUT2D eigenvalue weighted by Crippen LogP contribution is 2.38. The molecular formula is C32H33FN6O4S. The van der Waals surface area contributed by atoms with Crippen LogP contribution in [-0.4, -0.2) is 39.1 Å². The number of pyridine rings is 1. The van der Waals surface area contributed by atoms with Gasteiger partial charge in [-0.2, -0.15) is 5.10 Å². The molecule has 0 fully saturated rings. The number of rotatable bonds is 8. The third kappa shape index (κ3) is 6.02. The maximum Gasteiger partial charge on any atom is 0.228 e. The first kappa shape index (κ1) is 30.7. The molecule has 0 aliphatic rings. The number of anilines is 1. The predicted molar refractivity (Wildman–Crippen MR) is 165 cm³/mol. The standard InChI is InChI=1S/C32H33FN6O4S/c1-20-13-21(15-29(40)38-22-17-37-39(19-22)31(2,3)4)14-25(33)30(20)43-27-9-10-35-26-8-7-23(16-24(26)27)44(41,42)32(5,6)28-18-34-11-12-36-28/h7-14,16-19H,15H2,1-6H3,(H,38,40). The van der Waals surface area contributed by atoms with Crippen molar-refractivity contribution in [2.75, 3.05) is 5.32 Å². The van der Waals surface area contributed by atoms with Crippen LogP contribution in [0.1, 0.15) is 51.4 Å². The van der Waals surface area contributed by atoms with Gasteiger partial charge in [0, 0.05) is 36.4 Å². The van der Waals surface area contributed by atoms with Crippen LogP contribution in [0.4, 0.5) is 10.1 Å². The molecule has 1 amide bonds. The van der Waals surface area contributed by atoms with Gasteiger partial charge in [-0.05, 0) is 83.0 Å². The Kier molecular flexibility index (Phi) is 7.98. The maximum absolute atomic E-state index is 15.4. The minimum absolute atomic E-state index is 0.0325. The number of benzene rings is 2. The van der Waals surface area contributed by atoms with Crippen molar-refractivity contribution < 1.29 is 22.3 Å². The lowest BCUT2D eigenvalue weighted by atomic mass is 10.1. The van der Waals surface area contributed by atoms with E-state index in [1.54, 1.807) is 56.0 Å². The summed E-state index contributed by atoms with van der Waals surface area (Å²) in [7, 11) is -3.94. The van der Waals surface area contributed by atoms with Crippen LogP contribution in [-0.2, 0) is 31.3 Å². The topological polar surface area (TPSA) is 129 Å². The quantitative estimate of drug-likeness (QED) is 0.221. The van der Waals surface area contributed by atoms with Crippen LogP contribution in [0.3, 0.4) is 0 Å². The first-order valence-electron chi connectivity index (χ1n) is 13.9. The molecule has 1 N–H and O–H groups in total. The highest BCUT2D eigenvalue weighted by molar-refractivity contribution is 7.92. The molecule has 0 saturated carbocycles. The van der Waals surface area contributed by atoms with Gasteiger partial charge >= 0.3 is 0 Å². The van der Waals surface area contributed by atoms with Crippen molar-refractivity contribution in [3.05, 3.63) is 96.2 Å². The van der Waals surface area contributed by atoms with Crippen LogP contribution < -0.4 is 10.1 Å². The highest BCUT2D eigenvalue weighted by atomic mass is 32.2. The molecule has 5 aromatic rings. The van der Waals surface area contributed by atoms with Gasteiger partial charge in [0.25, 0.3) is 0 Å². The molecule has 0 spiro atoms. The minimum Gasteiger partial charge on any atom is -0.453 e. The largest absolute Gasteiger partial charge is 0.453 e. The van der Waals surface area contributed by atoms with Crippen molar-refractivity contribution in [2.24, 2.45) is 0 Å². The first-order chi connectivity index (χ1) is 20.7. The molecule has 0 bridgehead atoms. The lowest BCUT2D eigenvalue weighted by molar-refractivity contribution is -0.115. The van der Waals surface area contributed by atoms with E-state index in [0.29, 0.717) is 33.4 Å². The number of sulfone groups is 1. The third-order valence-electron chi connectivity index (χ3n) is 7.25. The molecule has 3 heterocycles. The van der Waals surface area contributed by atoms with E-state index in [1.807, 2.05) is 20.8 Å². The van der Waals surface area contributed by atoms with Crippen LogP contribution in [0.15, 0.2) is 78.5 Å². The summed E-state index contributed by atoms with van der Waals surface area (Å²) in [5, 5.41) is 7.46. The van der Waals surface area contributed by atoms with Gasteiger partial charge in [0.15, 0.2) is 21.4 Å². The van der Waals surface area contributed by atoms with Gasteiger partial charge in [-0.25, -0.2) is 12.8 Å². The lowest BCUT2D eigenvalue weighted by Crippen LogP contribution is -2.30. The predicted octanol–water partition coefficient (Wildman–Crippen LogP) is 6.11. The van der Waals surface area contributed by atoms with E-state index in [1.165, 1.54) is 43.0 Å². The Bertz CT molecular complexity index is 1950. The molecule has 2 aromatic carbocycles. The summed E-state index contributed by atoms with van der Waals surface area (Å²) in [5.41, 5.74) is 2.02. The van der Waals surface area contributed by atoms with Gasteiger partial charge in [-0.1, -0.05) is 6.07 Å². The van der Waals surface area contributed by atoms with Gasteiger partial charge in [0.1, 0.15) is 10.5 Å². The zero-order valence-corrected chi connectivity index (χ0v) is 26.1. The molecule has 0 saturated heterocycles. The van der Waals surface area contributed by atoms with E-state index >= 15 is 4.39 Å². The van der Waals surface area contributed by atoms with Crippen molar-refractivity contribution in [1.82, 2.24) is 24.7 Å². The highest BCUT2D eigenvalue weighted by Gasteiger charge is 2.39. The molecule has 12 heteroatoms. The van der Waals surface area contributed by atoms with E-state index in [9.17, 15) is 13.2 Å². The van der Waals surface area contributed by atoms with Crippen LogP contribution in [0.5, 0.6) is 11.5 Å².